The minimum Gasteiger partial charge on any atom is -0.478 e. The van der Waals surface area contributed by atoms with Crippen LogP contribution in [0, 0.1) is 0 Å². The standard InChI is InChI=1S/C18H20BrNO2S/c19-16-8-1-2-9-17(16)23-11-4-3-10-20-13-14-6-5-7-15(12-14)18(21)22/h1-2,5-9,12,20H,3-4,10-11,13H2,(H,21,22). The molecule has 122 valence electrons. The number of carboxylic acid groups (broad SMARTS) is 1. The Morgan fingerprint density at radius 3 is 2.74 bits per heavy atom. The molecule has 0 aliphatic heterocycles. The van der Waals surface area contributed by atoms with Gasteiger partial charge in [-0.2, -0.15) is 0 Å². The summed E-state index contributed by atoms with van der Waals surface area (Å²) in [5, 5.41) is 12.3. The second-order valence-electron chi connectivity index (χ2n) is 5.17. The number of unbranched alkanes of at least 4 members (excludes halogenated alkanes) is 1. The van der Waals surface area contributed by atoms with E-state index in [0.717, 1.165) is 35.2 Å². The zero-order chi connectivity index (χ0) is 16.5. The Morgan fingerprint density at radius 2 is 1.96 bits per heavy atom. The highest BCUT2D eigenvalue weighted by molar-refractivity contribution is 9.10. The Labute approximate surface area is 149 Å². The van der Waals surface area contributed by atoms with E-state index in [1.165, 1.54) is 4.90 Å². The number of hydrogen-bond acceptors (Lipinski definition) is 3. The Bertz CT molecular complexity index is 648. The Kier molecular flexibility index (Phi) is 7.65. The number of carboxylic acids is 1. The number of rotatable bonds is 9. The number of nitrogens with one attached hydrogen (secondary N) is 1. The molecule has 2 aromatic carbocycles. The maximum atomic E-state index is 10.9. The van der Waals surface area contributed by atoms with Crippen LogP contribution in [0.2, 0.25) is 0 Å². The molecule has 2 N–H and O–H groups in total. The molecule has 2 rings (SSSR count). The Balaban J connectivity index is 1.60. The van der Waals surface area contributed by atoms with Crippen molar-refractivity contribution < 1.29 is 9.90 Å². The van der Waals surface area contributed by atoms with E-state index < -0.39 is 5.97 Å². The maximum absolute atomic E-state index is 10.9. The van der Waals surface area contributed by atoms with Crippen molar-refractivity contribution >= 4 is 33.7 Å². The minimum absolute atomic E-state index is 0.342. The molecule has 0 fully saturated rings. The second-order valence-corrected chi connectivity index (χ2v) is 7.16. The highest BCUT2D eigenvalue weighted by Gasteiger charge is 2.03. The molecule has 0 atom stereocenters. The number of benzene rings is 2. The van der Waals surface area contributed by atoms with Crippen molar-refractivity contribution in [2.45, 2.75) is 24.3 Å². The van der Waals surface area contributed by atoms with Crippen LogP contribution in [0.3, 0.4) is 0 Å². The van der Waals surface area contributed by atoms with Crippen LogP contribution in [0.5, 0.6) is 0 Å². The van der Waals surface area contributed by atoms with Crippen LogP contribution in [0.4, 0.5) is 0 Å². The van der Waals surface area contributed by atoms with Gasteiger partial charge in [-0.25, -0.2) is 4.79 Å². The van der Waals surface area contributed by atoms with Gasteiger partial charge in [0.1, 0.15) is 0 Å². The first-order chi connectivity index (χ1) is 11.2. The van der Waals surface area contributed by atoms with Gasteiger partial charge in [0, 0.05) is 15.9 Å². The molecule has 0 aliphatic rings. The molecule has 0 aliphatic carbocycles. The SMILES string of the molecule is O=C(O)c1cccc(CNCCCCSc2ccccc2Br)c1. The summed E-state index contributed by atoms with van der Waals surface area (Å²) in [6.45, 7) is 1.65. The fraction of sp³-hybridized carbons (Fsp3) is 0.278. The summed E-state index contributed by atoms with van der Waals surface area (Å²) in [7, 11) is 0. The van der Waals surface area contributed by atoms with Gasteiger partial charge in [0.05, 0.1) is 5.56 Å². The first kappa shape index (κ1) is 18.0. The van der Waals surface area contributed by atoms with Crippen LogP contribution >= 0.6 is 27.7 Å². The Morgan fingerprint density at radius 1 is 1.13 bits per heavy atom. The molecule has 0 unspecified atom stereocenters. The van der Waals surface area contributed by atoms with Crippen molar-refractivity contribution in [3.63, 3.8) is 0 Å². The van der Waals surface area contributed by atoms with E-state index >= 15 is 0 Å². The van der Waals surface area contributed by atoms with Crippen molar-refractivity contribution in [2.24, 2.45) is 0 Å². The van der Waals surface area contributed by atoms with E-state index in [2.05, 4.69) is 39.4 Å². The lowest BCUT2D eigenvalue weighted by molar-refractivity contribution is 0.0696. The van der Waals surface area contributed by atoms with Crippen LogP contribution in [0.25, 0.3) is 0 Å². The van der Waals surface area contributed by atoms with Crippen LogP contribution in [0.1, 0.15) is 28.8 Å². The van der Waals surface area contributed by atoms with E-state index in [9.17, 15) is 4.79 Å². The summed E-state index contributed by atoms with van der Waals surface area (Å²) in [6.07, 6.45) is 2.25. The molecule has 0 bridgehead atoms. The third-order valence-corrected chi connectivity index (χ3v) is 5.46. The normalized spacial score (nSPS) is 10.7. The molecule has 3 nitrogen and oxygen atoms in total. The van der Waals surface area contributed by atoms with E-state index in [0.29, 0.717) is 12.1 Å². The molecule has 2 aromatic rings. The van der Waals surface area contributed by atoms with Crippen molar-refractivity contribution in [1.82, 2.24) is 5.32 Å². The summed E-state index contributed by atoms with van der Waals surface area (Å²) >= 11 is 5.42. The van der Waals surface area contributed by atoms with Crippen molar-refractivity contribution in [3.8, 4) is 0 Å². The lowest BCUT2D eigenvalue weighted by Gasteiger charge is -2.06. The topological polar surface area (TPSA) is 49.3 Å². The molecule has 0 spiro atoms. The number of carbonyl (C=O) groups is 1. The molecule has 0 saturated carbocycles. The monoisotopic (exact) mass is 393 g/mol. The van der Waals surface area contributed by atoms with Crippen LogP contribution < -0.4 is 5.32 Å². The summed E-state index contributed by atoms with van der Waals surface area (Å²) < 4.78 is 1.15. The van der Waals surface area contributed by atoms with Crippen LogP contribution in [0.15, 0.2) is 57.9 Å². The lowest BCUT2D eigenvalue weighted by atomic mass is 10.1. The summed E-state index contributed by atoms with van der Waals surface area (Å²) in [5.74, 6) is 0.217. The molecular weight excluding hydrogens is 374 g/mol. The van der Waals surface area contributed by atoms with Gasteiger partial charge in [-0.1, -0.05) is 24.3 Å². The van der Waals surface area contributed by atoms with Crippen molar-refractivity contribution in [3.05, 3.63) is 64.1 Å². The fourth-order valence-corrected chi connectivity index (χ4v) is 3.72. The van der Waals surface area contributed by atoms with Gasteiger partial charge in [-0.05, 0) is 70.9 Å². The van der Waals surface area contributed by atoms with Gasteiger partial charge in [0.15, 0.2) is 0 Å². The predicted octanol–water partition coefficient (Wildman–Crippen LogP) is 4.81. The number of thioether (sulfide) groups is 1. The van der Waals surface area contributed by atoms with E-state index in [4.69, 9.17) is 5.11 Å². The molecular formula is C18H20BrNO2S. The van der Waals surface area contributed by atoms with Crippen LogP contribution in [-0.2, 0) is 6.54 Å². The first-order valence-corrected chi connectivity index (χ1v) is 9.35. The van der Waals surface area contributed by atoms with E-state index in [-0.39, 0.29) is 0 Å². The van der Waals surface area contributed by atoms with E-state index in [1.807, 2.05) is 23.9 Å². The third-order valence-electron chi connectivity index (χ3n) is 3.35. The molecule has 23 heavy (non-hydrogen) atoms. The van der Waals surface area contributed by atoms with Crippen LogP contribution in [-0.4, -0.2) is 23.4 Å². The van der Waals surface area contributed by atoms with Gasteiger partial charge >= 0.3 is 5.97 Å². The largest absolute Gasteiger partial charge is 0.478 e. The molecule has 5 heteroatoms. The lowest BCUT2D eigenvalue weighted by Crippen LogP contribution is -2.15. The van der Waals surface area contributed by atoms with Gasteiger partial charge in [0.25, 0.3) is 0 Å². The number of halogens is 1. The summed E-state index contributed by atoms with van der Waals surface area (Å²) in [6, 6.07) is 15.3. The first-order valence-electron chi connectivity index (χ1n) is 7.57. The molecule has 0 amide bonds. The quantitative estimate of drug-likeness (QED) is 0.474. The second kappa shape index (κ2) is 9.75. The smallest absolute Gasteiger partial charge is 0.335 e. The van der Waals surface area contributed by atoms with Gasteiger partial charge in [-0.15, -0.1) is 11.8 Å². The zero-order valence-electron chi connectivity index (χ0n) is 12.8. The fourth-order valence-electron chi connectivity index (χ4n) is 2.14. The average Bonchev–Trinajstić information content (AvgIpc) is 2.56. The Hall–Kier alpha value is -1.30. The maximum Gasteiger partial charge on any atom is 0.335 e. The average molecular weight is 394 g/mol. The van der Waals surface area contributed by atoms with Crippen molar-refractivity contribution in [1.29, 1.82) is 0 Å². The predicted molar refractivity (Wildman–Crippen MR) is 99.2 cm³/mol. The zero-order valence-corrected chi connectivity index (χ0v) is 15.2. The molecule has 0 radical (unpaired) electrons. The minimum atomic E-state index is -0.879. The van der Waals surface area contributed by atoms with Gasteiger partial charge < -0.3 is 10.4 Å². The van der Waals surface area contributed by atoms with Gasteiger partial charge in [0.2, 0.25) is 0 Å². The molecule has 0 heterocycles. The van der Waals surface area contributed by atoms with Gasteiger partial charge in [-0.3, -0.25) is 0 Å². The highest BCUT2D eigenvalue weighted by atomic mass is 79.9. The van der Waals surface area contributed by atoms with Crippen molar-refractivity contribution in [2.75, 3.05) is 12.3 Å². The summed E-state index contributed by atoms with van der Waals surface area (Å²) in [5.41, 5.74) is 1.35. The summed E-state index contributed by atoms with van der Waals surface area (Å²) in [4.78, 5) is 12.2. The molecule has 0 saturated heterocycles. The highest BCUT2D eigenvalue weighted by Crippen LogP contribution is 2.27. The third kappa shape index (κ3) is 6.37. The molecule has 0 aromatic heterocycles. The number of aromatic carboxylic acids is 1. The van der Waals surface area contributed by atoms with E-state index in [1.54, 1.807) is 18.2 Å². The number of hydrogen-bond donors (Lipinski definition) is 2.